The Hall–Kier alpha value is -2.50. The van der Waals surface area contributed by atoms with Crippen molar-refractivity contribution in [2.75, 3.05) is 20.3 Å². The van der Waals surface area contributed by atoms with Crippen LogP contribution < -0.4 is 14.8 Å². The van der Waals surface area contributed by atoms with E-state index in [0.29, 0.717) is 26.1 Å². The molecular formula is C18H23N3O3. The third kappa shape index (κ3) is 3.69. The molecule has 1 aromatic heterocycles. The van der Waals surface area contributed by atoms with Gasteiger partial charge in [-0.1, -0.05) is 12.1 Å². The maximum absolute atomic E-state index is 12.0. The molecule has 0 saturated carbocycles. The maximum Gasteiger partial charge on any atom is 0.221 e. The number of aromatic nitrogens is 2. The minimum atomic E-state index is 0.0429. The van der Waals surface area contributed by atoms with Gasteiger partial charge in [0, 0.05) is 37.3 Å². The fraction of sp³-hybridized carbons (Fsp3) is 0.444. The smallest absolute Gasteiger partial charge is 0.221 e. The fourth-order valence-electron chi connectivity index (χ4n) is 2.94. The molecule has 1 atom stereocenters. The lowest BCUT2D eigenvalue weighted by molar-refractivity contribution is -0.121. The van der Waals surface area contributed by atoms with Gasteiger partial charge in [-0.25, -0.2) is 0 Å². The minimum Gasteiger partial charge on any atom is -0.493 e. The molecule has 0 unspecified atom stereocenters. The zero-order valence-corrected chi connectivity index (χ0v) is 14.1. The van der Waals surface area contributed by atoms with E-state index >= 15 is 0 Å². The number of methoxy groups -OCH3 is 1. The number of fused-ring (bicyclic) bond motifs is 1. The number of aryl methyl sites for hydroxylation is 2. The summed E-state index contributed by atoms with van der Waals surface area (Å²) in [7, 11) is 1.65. The van der Waals surface area contributed by atoms with Crippen molar-refractivity contribution in [2.24, 2.45) is 5.92 Å². The summed E-state index contributed by atoms with van der Waals surface area (Å²) >= 11 is 0. The first-order chi connectivity index (χ1) is 11.7. The number of carbonyl (C=O) groups excluding carboxylic acids is 1. The van der Waals surface area contributed by atoms with Crippen molar-refractivity contribution < 1.29 is 14.3 Å². The Bertz CT molecular complexity index is 711. The van der Waals surface area contributed by atoms with Crippen LogP contribution in [0.3, 0.4) is 0 Å². The first-order valence-electron chi connectivity index (χ1n) is 8.21. The Morgan fingerprint density at radius 3 is 3.08 bits per heavy atom. The van der Waals surface area contributed by atoms with Gasteiger partial charge in [0.2, 0.25) is 5.91 Å². The van der Waals surface area contributed by atoms with Crippen LogP contribution in [0.15, 0.2) is 30.5 Å². The predicted molar refractivity (Wildman–Crippen MR) is 90.3 cm³/mol. The molecule has 1 N–H and O–H groups in total. The molecule has 0 aliphatic carbocycles. The zero-order valence-electron chi connectivity index (χ0n) is 14.1. The molecule has 0 spiro atoms. The Kier molecular flexibility index (Phi) is 5.03. The summed E-state index contributed by atoms with van der Waals surface area (Å²) in [6, 6.07) is 7.85. The highest BCUT2D eigenvalue weighted by molar-refractivity contribution is 5.75. The molecule has 0 radical (unpaired) electrons. The molecular weight excluding hydrogens is 306 g/mol. The molecule has 1 aliphatic heterocycles. The van der Waals surface area contributed by atoms with Crippen LogP contribution in [-0.2, 0) is 17.8 Å². The standard InChI is InChI=1S/C18H23N3O3/c1-13-6-8-20-21(13)9-7-17(22)19-11-14-10-15-4-3-5-16(23-2)18(15)24-12-14/h3-6,8,14H,7,9-12H2,1-2H3,(H,19,22)/t14-/m0/s1. The van der Waals surface area contributed by atoms with Crippen LogP contribution in [-0.4, -0.2) is 35.9 Å². The summed E-state index contributed by atoms with van der Waals surface area (Å²) in [5.74, 6) is 1.92. The van der Waals surface area contributed by atoms with E-state index in [1.54, 1.807) is 13.3 Å². The van der Waals surface area contributed by atoms with Crippen LogP contribution in [0, 0.1) is 12.8 Å². The number of para-hydroxylation sites is 1. The van der Waals surface area contributed by atoms with Gasteiger partial charge in [-0.05, 0) is 31.0 Å². The molecule has 128 valence electrons. The van der Waals surface area contributed by atoms with Crippen molar-refractivity contribution in [3.8, 4) is 11.5 Å². The number of nitrogens with one attached hydrogen (secondary N) is 1. The molecule has 1 aliphatic rings. The minimum absolute atomic E-state index is 0.0429. The molecule has 6 nitrogen and oxygen atoms in total. The topological polar surface area (TPSA) is 65.4 Å². The first-order valence-corrected chi connectivity index (χ1v) is 8.21. The maximum atomic E-state index is 12.0. The number of rotatable bonds is 6. The van der Waals surface area contributed by atoms with Crippen molar-refractivity contribution in [2.45, 2.75) is 26.3 Å². The van der Waals surface area contributed by atoms with Crippen molar-refractivity contribution in [1.29, 1.82) is 0 Å². The molecule has 2 heterocycles. The molecule has 0 saturated heterocycles. The van der Waals surface area contributed by atoms with Crippen LogP contribution >= 0.6 is 0 Å². The van der Waals surface area contributed by atoms with Crippen molar-refractivity contribution >= 4 is 5.91 Å². The highest BCUT2D eigenvalue weighted by Gasteiger charge is 2.22. The van der Waals surface area contributed by atoms with Gasteiger partial charge in [-0.2, -0.15) is 5.10 Å². The van der Waals surface area contributed by atoms with E-state index in [-0.39, 0.29) is 11.8 Å². The fourth-order valence-corrected chi connectivity index (χ4v) is 2.94. The number of carbonyl (C=O) groups is 1. The molecule has 0 bridgehead atoms. The molecule has 1 aromatic carbocycles. The second kappa shape index (κ2) is 7.38. The van der Waals surface area contributed by atoms with E-state index in [0.717, 1.165) is 29.2 Å². The Balaban J connectivity index is 1.47. The lowest BCUT2D eigenvalue weighted by atomic mass is 9.96. The summed E-state index contributed by atoms with van der Waals surface area (Å²) in [6.07, 6.45) is 3.06. The second-order valence-corrected chi connectivity index (χ2v) is 6.08. The third-order valence-corrected chi connectivity index (χ3v) is 4.32. The lowest BCUT2D eigenvalue weighted by Gasteiger charge is -2.26. The van der Waals surface area contributed by atoms with E-state index < -0.39 is 0 Å². The van der Waals surface area contributed by atoms with E-state index in [9.17, 15) is 4.79 Å². The molecule has 3 rings (SSSR count). The molecule has 2 aromatic rings. The average Bonchev–Trinajstić information content (AvgIpc) is 3.02. The van der Waals surface area contributed by atoms with E-state index in [1.165, 1.54) is 0 Å². The molecule has 0 fully saturated rings. The predicted octanol–water partition coefficient (Wildman–Crippen LogP) is 1.96. The Labute approximate surface area is 141 Å². The number of ether oxygens (including phenoxy) is 2. The van der Waals surface area contributed by atoms with E-state index in [2.05, 4.69) is 10.4 Å². The molecule has 24 heavy (non-hydrogen) atoms. The van der Waals surface area contributed by atoms with Gasteiger partial charge in [0.1, 0.15) is 0 Å². The summed E-state index contributed by atoms with van der Waals surface area (Å²) in [6.45, 7) is 3.79. The Morgan fingerprint density at radius 2 is 2.33 bits per heavy atom. The van der Waals surface area contributed by atoms with Gasteiger partial charge in [0.05, 0.1) is 13.7 Å². The van der Waals surface area contributed by atoms with Gasteiger partial charge >= 0.3 is 0 Å². The van der Waals surface area contributed by atoms with Crippen molar-refractivity contribution in [1.82, 2.24) is 15.1 Å². The van der Waals surface area contributed by atoms with Crippen LogP contribution in [0.5, 0.6) is 11.5 Å². The summed E-state index contributed by atoms with van der Waals surface area (Å²) < 4.78 is 13.0. The van der Waals surface area contributed by atoms with Crippen LogP contribution in [0.1, 0.15) is 17.7 Å². The lowest BCUT2D eigenvalue weighted by Crippen LogP contribution is -2.35. The van der Waals surface area contributed by atoms with Crippen LogP contribution in [0.4, 0.5) is 0 Å². The zero-order chi connectivity index (χ0) is 16.9. The number of hydrogen-bond donors (Lipinski definition) is 1. The first kappa shape index (κ1) is 16.4. The van der Waals surface area contributed by atoms with Crippen molar-refractivity contribution in [3.63, 3.8) is 0 Å². The molecule has 1 amide bonds. The number of hydrogen-bond acceptors (Lipinski definition) is 4. The highest BCUT2D eigenvalue weighted by atomic mass is 16.5. The second-order valence-electron chi connectivity index (χ2n) is 6.08. The van der Waals surface area contributed by atoms with Gasteiger partial charge in [-0.15, -0.1) is 0 Å². The van der Waals surface area contributed by atoms with Gasteiger partial charge in [0.15, 0.2) is 11.5 Å². The Morgan fingerprint density at radius 1 is 1.46 bits per heavy atom. The highest BCUT2D eigenvalue weighted by Crippen LogP contribution is 2.35. The van der Waals surface area contributed by atoms with Gasteiger partial charge in [0.25, 0.3) is 0 Å². The SMILES string of the molecule is COc1cccc2c1OC[C@H](CNC(=O)CCn1nccc1C)C2. The van der Waals surface area contributed by atoms with Crippen molar-refractivity contribution in [3.05, 3.63) is 41.7 Å². The number of nitrogens with zero attached hydrogens (tertiary/aromatic N) is 2. The monoisotopic (exact) mass is 329 g/mol. The average molecular weight is 329 g/mol. The van der Waals surface area contributed by atoms with Gasteiger partial charge < -0.3 is 14.8 Å². The quantitative estimate of drug-likeness (QED) is 0.880. The summed E-state index contributed by atoms with van der Waals surface area (Å²) in [5, 5.41) is 7.19. The number of amides is 1. The number of benzene rings is 1. The van der Waals surface area contributed by atoms with Crippen LogP contribution in [0.2, 0.25) is 0 Å². The summed E-state index contributed by atoms with van der Waals surface area (Å²) in [5.41, 5.74) is 2.20. The third-order valence-electron chi connectivity index (χ3n) is 4.32. The van der Waals surface area contributed by atoms with Crippen LogP contribution in [0.25, 0.3) is 0 Å². The van der Waals surface area contributed by atoms with Gasteiger partial charge in [-0.3, -0.25) is 9.48 Å². The molecule has 6 heteroatoms. The largest absolute Gasteiger partial charge is 0.493 e. The normalized spacial score (nSPS) is 16.2. The summed E-state index contributed by atoms with van der Waals surface area (Å²) in [4.78, 5) is 12.0. The van der Waals surface area contributed by atoms with E-state index in [4.69, 9.17) is 9.47 Å². The van der Waals surface area contributed by atoms with E-state index in [1.807, 2.05) is 35.9 Å².